The van der Waals surface area contributed by atoms with Gasteiger partial charge in [-0.1, -0.05) is 0 Å². The van der Waals surface area contributed by atoms with Gasteiger partial charge in [0, 0.05) is 6.92 Å². The summed E-state index contributed by atoms with van der Waals surface area (Å²) in [4.78, 5) is 3.91. The van der Waals surface area contributed by atoms with Crippen molar-refractivity contribution in [2.75, 3.05) is 12.0 Å². The molecule has 1 aromatic heterocycles. The van der Waals surface area contributed by atoms with Crippen molar-refractivity contribution < 1.29 is 9.15 Å². The van der Waals surface area contributed by atoms with Gasteiger partial charge >= 0.3 is 0 Å². The molecule has 0 aliphatic carbocycles. The number of ether oxygens (including phenoxy) is 1. The van der Waals surface area contributed by atoms with E-state index in [1.54, 1.807) is 13.1 Å². The molecule has 1 N–H and O–H groups in total. The average Bonchev–Trinajstić information content (AvgIpc) is 2.81. The number of hydrogen-bond donors (Lipinski definition) is 1. The molecule has 6 nitrogen and oxygen atoms in total. The quantitative estimate of drug-likeness (QED) is 0.667. The lowest BCUT2D eigenvalue weighted by atomic mass is 10.2. The fraction of sp³-hybridized carbons (Fsp3) is 0.214. The van der Waals surface area contributed by atoms with Crippen molar-refractivity contribution in [1.29, 1.82) is 5.26 Å². The number of oxazole rings is 1. The Bertz CT molecular complexity index is 638. The minimum atomic E-state index is 0.186. The number of nitrogens with one attached hydrogen (secondary N) is 1. The van der Waals surface area contributed by atoms with Crippen molar-refractivity contribution >= 4 is 12.1 Å². The molecule has 0 atom stereocenters. The van der Waals surface area contributed by atoms with Crippen LogP contribution in [0.25, 0.3) is 0 Å². The molecule has 0 amide bonds. The van der Waals surface area contributed by atoms with E-state index in [0.29, 0.717) is 12.5 Å². The molecular formula is C14H14N4O2. The van der Waals surface area contributed by atoms with Crippen LogP contribution in [0.2, 0.25) is 0 Å². The Morgan fingerprint density at radius 2 is 2.20 bits per heavy atom. The summed E-state index contributed by atoms with van der Waals surface area (Å²) in [7, 11) is 0. The zero-order valence-electron chi connectivity index (χ0n) is 11.3. The predicted octanol–water partition coefficient (Wildman–Crippen LogP) is 2.70. The van der Waals surface area contributed by atoms with Gasteiger partial charge in [-0.15, -0.1) is 0 Å². The van der Waals surface area contributed by atoms with Crippen molar-refractivity contribution in [1.82, 2.24) is 4.98 Å². The number of nitrogens with zero attached hydrogens (tertiary/aromatic N) is 3. The summed E-state index contributed by atoms with van der Waals surface area (Å²) < 4.78 is 10.6. The van der Waals surface area contributed by atoms with Gasteiger partial charge in [0.25, 0.3) is 5.88 Å². The molecule has 2 aromatic rings. The van der Waals surface area contributed by atoms with Crippen LogP contribution < -0.4 is 10.2 Å². The number of hydrogen-bond acceptors (Lipinski definition) is 6. The van der Waals surface area contributed by atoms with Crippen molar-refractivity contribution in [2.24, 2.45) is 5.10 Å². The lowest BCUT2D eigenvalue weighted by molar-refractivity contribution is 0.340. The number of nitriles is 1. The lowest BCUT2D eigenvalue weighted by Gasteiger charge is -2.02. The summed E-state index contributed by atoms with van der Waals surface area (Å²) in [6.45, 7) is 4.24. The van der Waals surface area contributed by atoms with Gasteiger partial charge in [0.2, 0.25) is 5.69 Å². The van der Waals surface area contributed by atoms with Gasteiger partial charge in [-0.25, -0.2) is 10.4 Å². The SMILES string of the molecule is CCOc1ccc(C=NNc2oc(C)nc2C#N)cc1. The highest BCUT2D eigenvalue weighted by atomic mass is 16.5. The molecule has 0 radical (unpaired) electrons. The van der Waals surface area contributed by atoms with Crippen LogP contribution in [-0.4, -0.2) is 17.8 Å². The summed E-state index contributed by atoms with van der Waals surface area (Å²) >= 11 is 0. The highest BCUT2D eigenvalue weighted by molar-refractivity contribution is 5.80. The molecule has 0 aliphatic heterocycles. The van der Waals surface area contributed by atoms with E-state index in [4.69, 9.17) is 14.4 Å². The standard InChI is InChI=1S/C14H14N4O2/c1-3-19-12-6-4-11(5-7-12)9-16-18-14-13(8-15)17-10(2)20-14/h4-7,9,18H,3H2,1-2H3. The number of aromatic nitrogens is 1. The maximum Gasteiger partial charge on any atom is 0.252 e. The first-order valence-corrected chi connectivity index (χ1v) is 6.12. The highest BCUT2D eigenvalue weighted by Crippen LogP contribution is 2.15. The van der Waals surface area contributed by atoms with Crippen LogP contribution in [0.5, 0.6) is 5.75 Å². The maximum atomic E-state index is 8.85. The van der Waals surface area contributed by atoms with Gasteiger partial charge in [0.05, 0.1) is 12.8 Å². The Balaban J connectivity index is 2.01. The molecule has 0 aliphatic rings. The Labute approximate surface area is 116 Å². The van der Waals surface area contributed by atoms with Crippen LogP contribution in [0, 0.1) is 18.3 Å². The fourth-order valence-electron chi connectivity index (χ4n) is 1.56. The molecule has 2 rings (SSSR count). The Morgan fingerprint density at radius 1 is 1.45 bits per heavy atom. The van der Waals surface area contributed by atoms with E-state index in [1.165, 1.54) is 0 Å². The second-order valence-electron chi connectivity index (χ2n) is 3.89. The minimum absolute atomic E-state index is 0.186. The summed E-state index contributed by atoms with van der Waals surface area (Å²) in [5.41, 5.74) is 3.75. The Hall–Kier alpha value is -2.81. The second kappa shape index (κ2) is 6.38. The van der Waals surface area contributed by atoms with E-state index in [-0.39, 0.29) is 11.6 Å². The summed E-state index contributed by atoms with van der Waals surface area (Å²) in [5.74, 6) is 1.47. The molecule has 6 heteroatoms. The molecule has 0 unspecified atom stereocenters. The van der Waals surface area contributed by atoms with Gasteiger partial charge in [-0.3, -0.25) is 0 Å². The average molecular weight is 270 g/mol. The largest absolute Gasteiger partial charge is 0.494 e. The van der Waals surface area contributed by atoms with E-state index in [1.807, 2.05) is 37.3 Å². The van der Waals surface area contributed by atoms with Gasteiger partial charge in [-0.2, -0.15) is 10.4 Å². The monoisotopic (exact) mass is 270 g/mol. The van der Waals surface area contributed by atoms with Crippen LogP contribution >= 0.6 is 0 Å². The topological polar surface area (TPSA) is 83.4 Å². The van der Waals surface area contributed by atoms with Crippen LogP contribution in [0.3, 0.4) is 0 Å². The molecule has 0 fully saturated rings. The molecule has 0 spiro atoms. The first-order valence-electron chi connectivity index (χ1n) is 6.12. The first-order chi connectivity index (χ1) is 9.72. The van der Waals surface area contributed by atoms with Crippen molar-refractivity contribution in [2.45, 2.75) is 13.8 Å². The van der Waals surface area contributed by atoms with Gasteiger partial charge < -0.3 is 9.15 Å². The highest BCUT2D eigenvalue weighted by Gasteiger charge is 2.08. The molecule has 0 bridgehead atoms. The van der Waals surface area contributed by atoms with E-state index < -0.39 is 0 Å². The van der Waals surface area contributed by atoms with E-state index >= 15 is 0 Å². The van der Waals surface area contributed by atoms with Crippen LogP contribution in [0.4, 0.5) is 5.88 Å². The molecule has 1 aromatic carbocycles. The number of benzene rings is 1. The second-order valence-corrected chi connectivity index (χ2v) is 3.89. The predicted molar refractivity (Wildman–Crippen MR) is 74.8 cm³/mol. The zero-order chi connectivity index (χ0) is 14.4. The van der Waals surface area contributed by atoms with Gasteiger partial charge in [0.15, 0.2) is 5.89 Å². The minimum Gasteiger partial charge on any atom is -0.494 e. The third-order valence-corrected chi connectivity index (χ3v) is 2.41. The number of rotatable bonds is 5. The summed E-state index contributed by atoms with van der Waals surface area (Å²) in [6.07, 6.45) is 1.62. The van der Waals surface area contributed by atoms with E-state index in [0.717, 1.165) is 11.3 Å². The molecular weight excluding hydrogens is 256 g/mol. The fourth-order valence-corrected chi connectivity index (χ4v) is 1.56. The Morgan fingerprint density at radius 3 is 2.85 bits per heavy atom. The van der Waals surface area contributed by atoms with E-state index in [9.17, 15) is 0 Å². The number of aryl methyl sites for hydroxylation is 1. The van der Waals surface area contributed by atoms with Gasteiger partial charge in [-0.05, 0) is 36.8 Å². The number of hydrazone groups is 1. The third kappa shape index (κ3) is 3.36. The first kappa shape index (κ1) is 13.6. The molecule has 0 saturated heterocycles. The maximum absolute atomic E-state index is 8.85. The zero-order valence-corrected chi connectivity index (χ0v) is 11.3. The normalized spacial score (nSPS) is 10.4. The van der Waals surface area contributed by atoms with Crippen molar-refractivity contribution in [3.63, 3.8) is 0 Å². The van der Waals surface area contributed by atoms with Crippen molar-refractivity contribution in [3.05, 3.63) is 41.4 Å². The lowest BCUT2D eigenvalue weighted by Crippen LogP contribution is -1.93. The smallest absolute Gasteiger partial charge is 0.252 e. The molecule has 0 saturated carbocycles. The molecule has 1 heterocycles. The Kier molecular flexibility index (Phi) is 4.35. The summed E-state index contributed by atoms with van der Waals surface area (Å²) in [6, 6.07) is 9.42. The molecule has 20 heavy (non-hydrogen) atoms. The van der Waals surface area contributed by atoms with Crippen LogP contribution in [0.1, 0.15) is 24.1 Å². The molecule has 102 valence electrons. The number of anilines is 1. The van der Waals surface area contributed by atoms with Crippen LogP contribution in [-0.2, 0) is 0 Å². The van der Waals surface area contributed by atoms with Crippen LogP contribution in [0.15, 0.2) is 33.8 Å². The summed E-state index contributed by atoms with van der Waals surface area (Å²) in [5, 5.41) is 12.9. The third-order valence-electron chi connectivity index (χ3n) is 2.41. The van der Waals surface area contributed by atoms with E-state index in [2.05, 4.69) is 15.5 Å². The van der Waals surface area contributed by atoms with Gasteiger partial charge in [0.1, 0.15) is 11.8 Å². The van der Waals surface area contributed by atoms with Crippen molar-refractivity contribution in [3.8, 4) is 11.8 Å².